The number of fused-ring (bicyclic) bond motifs is 3. The summed E-state index contributed by atoms with van der Waals surface area (Å²) in [4.78, 5) is 25.2. The van der Waals surface area contributed by atoms with E-state index in [1.54, 1.807) is 45.9 Å². The Balaban J connectivity index is 1.35. The number of carbonyl (C=O) groups excluding carboxylic acids is 2. The van der Waals surface area contributed by atoms with Crippen molar-refractivity contribution in [2.45, 2.75) is 76.4 Å². The minimum atomic E-state index is -0.960. The smallest absolute Gasteiger partial charge is 0.252 e. The van der Waals surface area contributed by atoms with Gasteiger partial charge in [0.25, 0.3) is 5.91 Å². The van der Waals surface area contributed by atoms with E-state index in [0.29, 0.717) is 11.4 Å². The fourth-order valence-electron chi connectivity index (χ4n) is 4.18. The SMILES string of the molecule is COc1ccccc1NC(=O)CCNC(=O)[C@@H]1O[C@@H]2OC(C)(C)O[C@@H]2[C@H]2OC(C)(C)O[C@@H]21. The van der Waals surface area contributed by atoms with Crippen LogP contribution in [-0.4, -0.2) is 67.7 Å². The molecule has 2 N–H and O–H groups in total. The van der Waals surface area contributed by atoms with E-state index in [4.69, 9.17) is 28.4 Å². The number of carbonyl (C=O) groups is 2. The van der Waals surface area contributed by atoms with Crippen LogP contribution in [0, 0.1) is 0 Å². The van der Waals surface area contributed by atoms with Gasteiger partial charge in [0.1, 0.15) is 24.1 Å². The summed E-state index contributed by atoms with van der Waals surface area (Å²) in [6.07, 6.45) is -3.33. The van der Waals surface area contributed by atoms with Gasteiger partial charge < -0.3 is 39.1 Å². The first kappa shape index (κ1) is 22.9. The van der Waals surface area contributed by atoms with E-state index in [1.807, 2.05) is 6.07 Å². The van der Waals surface area contributed by atoms with Gasteiger partial charge in [-0.2, -0.15) is 0 Å². The topological polar surface area (TPSA) is 114 Å². The molecule has 176 valence electrons. The lowest BCUT2D eigenvalue weighted by Crippen LogP contribution is -2.59. The average Bonchev–Trinajstić information content (AvgIpc) is 3.21. The summed E-state index contributed by atoms with van der Waals surface area (Å²) in [5.41, 5.74) is 0.565. The number of amides is 2. The van der Waals surface area contributed by atoms with Gasteiger partial charge >= 0.3 is 0 Å². The predicted octanol–water partition coefficient (Wildman–Crippen LogP) is 1.54. The van der Waals surface area contributed by atoms with Crippen molar-refractivity contribution in [3.63, 3.8) is 0 Å². The molecule has 10 heteroatoms. The van der Waals surface area contributed by atoms with Gasteiger partial charge in [0, 0.05) is 13.0 Å². The lowest BCUT2D eigenvalue weighted by atomic mass is 9.98. The Morgan fingerprint density at radius 2 is 1.62 bits per heavy atom. The Morgan fingerprint density at radius 1 is 0.969 bits per heavy atom. The Morgan fingerprint density at radius 3 is 2.38 bits per heavy atom. The summed E-state index contributed by atoms with van der Waals surface area (Å²) in [5.74, 6) is -1.86. The van der Waals surface area contributed by atoms with Gasteiger partial charge in [0.05, 0.1) is 12.8 Å². The predicted molar refractivity (Wildman–Crippen MR) is 112 cm³/mol. The van der Waals surface area contributed by atoms with Crippen molar-refractivity contribution in [1.29, 1.82) is 0 Å². The molecule has 2 amide bonds. The number of anilines is 1. The van der Waals surface area contributed by atoms with Crippen molar-refractivity contribution in [1.82, 2.24) is 5.32 Å². The molecule has 5 atom stereocenters. The van der Waals surface area contributed by atoms with E-state index in [1.165, 1.54) is 7.11 Å². The van der Waals surface area contributed by atoms with Crippen molar-refractivity contribution in [3.05, 3.63) is 24.3 Å². The van der Waals surface area contributed by atoms with Crippen molar-refractivity contribution in [2.75, 3.05) is 19.0 Å². The summed E-state index contributed by atoms with van der Waals surface area (Å²) in [6, 6.07) is 7.10. The molecule has 3 aliphatic heterocycles. The summed E-state index contributed by atoms with van der Waals surface area (Å²) < 4.78 is 34.8. The van der Waals surface area contributed by atoms with Crippen LogP contribution in [0.3, 0.4) is 0 Å². The van der Waals surface area contributed by atoms with E-state index in [9.17, 15) is 9.59 Å². The second kappa shape index (κ2) is 8.60. The molecule has 0 unspecified atom stereocenters. The minimum absolute atomic E-state index is 0.0755. The van der Waals surface area contributed by atoms with Crippen LogP contribution in [0.2, 0.25) is 0 Å². The highest BCUT2D eigenvalue weighted by Crippen LogP contribution is 2.44. The Labute approximate surface area is 186 Å². The Hall–Kier alpha value is -2.24. The monoisotopic (exact) mass is 450 g/mol. The van der Waals surface area contributed by atoms with Gasteiger partial charge in [-0.1, -0.05) is 12.1 Å². The van der Waals surface area contributed by atoms with Crippen LogP contribution in [0.25, 0.3) is 0 Å². The molecule has 3 heterocycles. The largest absolute Gasteiger partial charge is 0.495 e. The van der Waals surface area contributed by atoms with E-state index < -0.39 is 48.2 Å². The fourth-order valence-corrected chi connectivity index (χ4v) is 4.18. The number of benzene rings is 1. The van der Waals surface area contributed by atoms with Crippen molar-refractivity contribution in [2.24, 2.45) is 0 Å². The number of para-hydroxylation sites is 2. The number of hydrogen-bond donors (Lipinski definition) is 2. The van der Waals surface area contributed by atoms with Gasteiger partial charge in [-0.3, -0.25) is 9.59 Å². The Kier molecular flexibility index (Phi) is 6.17. The number of rotatable bonds is 6. The van der Waals surface area contributed by atoms with E-state index >= 15 is 0 Å². The quantitative estimate of drug-likeness (QED) is 0.671. The molecule has 0 aliphatic carbocycles. The zero-order valence-electron chi connectivity index (χ0n) is 18.9. The molecule has 32 heavy (non-hydrogen) atoms. The first-order valence-corrected chi connectivity index (χ1v) is 10.7. The van der Waals surface area contributed by atoms with Gasteiger partial charge in [-0.25, -0.2) is 0 Å². The number of methoxy groups -OCH3 is 1. The highest BCUT2D eigenvalue weighted by atomic mass is 16.9. The molecule has 10 nitrogen and oxygen atoms in total. The summed E-state index contributed by atoms with van der Waals surface area (Å²) >= 11 is 0. The molecule has 0 radical (unpaired) electrons. The number of hydrogen-bond acceptors (Lipinski definition) is 8. The molecule has 0 spiro atoms. The van der Waals surface area contributed by atoms with Crippen LogP contribution in [0.4, 0.5) is 5.69 Å². The molecule has 1 aromatic rings. The maximum Gasteiger partial charge on any atom is 0.252 e. The highest BCUT2D eigenvalue weighted by Gasteiger charge is 2.62. The minimum Gasteiger partial charge on any atom is -0.495 e. The molecular formula is C22H30N2O8. The molecule has 0 aromatic heterocycles. The Bertz CT molecular complexity index is 873. The summed E-state index contributed by atoms with van der Waals surface area (Å²) in [7, 11) is 1.53. The standard InChI is InChI=1S/C22H30N2O8/c1-21(2)29-15-16(30-21)18-20(32-22(3,4)31-18)28-17(15)19(26)23-11-10-14(25)24-12-8-6-7-9-13(12)27-5/h6-9,15-18,20H,10-11H2,1-5H3,(H,23,26)(H,24,25)/t15-,16-,17+,18+,20+/m0/s1. The molecule has 0 bridgehead atoms. The zero-order chi connectivity index (χ0) is 23.1. The second-order valence-corrected chi connectivity index (χ2v) is 8.88. The highest BCUT2D eigenvalue weighted by molar-refractivity contribution is 5.92. The van der Waals surface area contributed by atoms with Crippen LogP contribution < -0.4 is 15.4 Å². The third kappa shape index (κ3) is 4.74. The van der Waals surface area contributed by atoms with E-state index in [0.717, 1.165) is 0 Å². The molecule has 3 fully saturated rings. The van der Waals surface area contributed by atoms with Crippen LogP contribution in [0.1, 0.15) is 34.1 Å². The molecule has 3 saturated heterocycles. The van der Waals surface area contributed by atoms with Crippen molar-refractivity contribution >= 4 is 17.5 Å². The number of ether oxygens (including phenoxy) is 6. The lowest BCUT2D eigenvalue weighted by Gasteiger charge is -2.36. The summed E-state index contributed by atoms with van der Waals surface area (Å²) in [5, 5.41) is 5.52. The van der Waals surface area contributed by atoms with Gasteiger partial charge in [-0.05, 0) is 39.8 Å². The molecule has 4 rings (SSSR count). The molecular weight excluding hydrogens is 420 g/mol. The molecule has 0 saturated carbocycles. The summed E-state index contributed by atoms with van der Waals surface area (Å²) in [6.45, 7) is 7.23. The van der Waals surface area contributed by atoms with E-state index in [-0.39, 0.29) is 18.9 Å². The lowest BCUT2D eigenvalue weighted by molar-refractivity contribution is -0.231. The normalized spacial score (nSPS) is 32.0. The average molecular weight is 450 g/mol. The van der Waals surface area contributed by atoms with Crippen LogP contribution in [-0.2, 0) is 33.3 Å². The maximum absolute atomic E-state index is 12.9. The van der Waals surface area contributed by atoms with Crippen LogP contribution in [0.5, 0.6) is 5.75 Å². The van der Waals surface area contributed by atoms with Gasteiger partial charge in [0.2, 0.25) is 5.91 Å². The fraction of sp³-hybridized carbons (Fsp3) is 0.636. The van der Waals surface area contributed by atoms with Gasteiger partial charge in [-0.15, -0.1) is 0 Å². The third-order valence-electron chi connectivity index (χ3n) is 5.45. The first-order chi connectivity index (χ1) is 15.1. The first-order valence-electron chi connectivity index (χ1n) is 10.7. The maximum atomic E-state index is 12.9. The van der Waals surface area contributed by atoms with Crippen LogP contribution >= 0.6 is 0 Å². The van der Waals surface area contributed by atoms with Crippen molar-refractivity contribution < 1.29 is 38.0 Å². The van der Waals surface area contributed by atoms with E-state index in [2.05, 4.69) is 10.6 Å². The third-order valence-corrected chi connectivity index (χ3v) is 5.45. The van der Waals surface area contributed by atoms with Crippen molar-refractivity contribution in [3.8, 4) is 5.75 Å². The van der Waals surface area contributed by atoms with Gasteiger partial charge in [0.15, 0.2) is 24.0 Å². The van der Waals surface area contributed by atoms with Crippen LogP contribution in [0.15, 0.2) is 24.3 Å². The zero-order valence-corrected chi connectivity index (χ0v) is 18.9. The second-order valence-electron chi connectivity index (χ2n) is 8.88. The molecule has 3 aliphatic rings. The molecule has 1 aromatic carbocycles. The number of nitrogens with one attached hydrogen (secondary N) is 2.